The van der Waals surface area contributed by atoms with Crippen molar-refractivity contribution in [2.24, 2.45) is 0 Å². The lowest BCUT2D eigenvalue weighted by atomic mass is 9.88. The van der Waals surface area contributed by atoms with Gasteiger partial charge in [0, 0.05) is 13.0 Å². The Labute approximate surface area is 158 Å². The van der Waals surface area contributed by atoms with E-state index in [0.29, 0.717) is 0 Å². The van der Waals surface area contributed by atoms with Crippen LogP contribution in [0.1, 0.15) is 46.8 Å². The van der Waals surface area contributed by atoms with Crippen molar-refractivity contribution < 1.29 is 18.0 Å². The lowest BCUT2D eigenvalue weighted by Crippen LogP contribution is -2.36. The van der Waals surface area contributed by atoms with E-state index in [-0.39, 0.29) is 35.4 Å². The summed E-state index contributed by atoms with van der Waals surface area (Å²) in [6.07, 6.45) is 2.80. The minimum Gasteiger partial charge on any atom is -0.349 e. The molecule has 0 saturated heterocycles. The van der Waals surface area contributed by atoms with Crippen LogP contribution in [0.15, 0.2) is 53.4 Å². The average Bonchev–Trinajstić information content (AvgIpc) is 2.87. The van der Waals surface area contributed by atoms with Crippen molar-refractivity contribution in [1.29, 1.82) is 0 Å². The van der Waals surface area contributed by atoms with E-state index >= 15 is 0 Å². The third-order valence-corrected chi connectivity index (χ3v) is 7.00. The van der Waals surface area contributed by atoms with Gasteiger partial charge in [0.05, 0.1) is 11.6 Å². The van der Waals surface area contributed by atoms with Crippen molar-refractivity contribution in [2.45, 2.75) is 36.6 Å². The van der Waals surface area contributed by atoms with Crippen LogP contribution in [0.2, 0.25) is 0 Å². The molecule has 4 rings (SSSR count). The Morgan fingerprint density at radius 2 is 1.85 bits per heavy atom. The van der Waals surface area contributed by atoms with Crippen LogP contribution in [0, 0.1) is 0 Å². The highest BCUT2D eigenvalue weighted by molar-refractivity contribution is 7.90. The van der Waals surface area contributed by atoms with Crippen molar-refractivity contribution >= 4 is 21.8 Å². The summed E-state index contributed by atoms with van der Waals surface area (Å²) in [5.74, 6) is -0.822. The SMILES string of the molecule is O=C(CCN1C(=O)c2ccccc2S1(=O)=O)N[C@@H]1CCCc2ccccc21. The summed E-state index contributed by atoms with van der Waals surface area (Å²) < 4.78 is 25.9. The molecule has 0 saturated carbocycles. The molecule has 0 fully saturated rings. The number of nitrogens with one attached hydrogen (secondary N) is 1. The third kappa shape index (κ3) is 3.12. The lowest BCUT2D eigenvalue weighted by Gasteiger charge is -2.26. The van der Waals surface area contributed by atoms with Crippen LogP contribution in [0.25, 0.3) is 0 Å². The fraction of sp³-hybridized carbons (Fsp3) is 0.300. The van der Waals surface area contributed by atoms with Gasteiger partial charge >= 0.3 is 0 Å². The Kier molecular flexibility index (Phi) is 4.47. The molecule has 1 atom stereocenters. The number of sulfonamides is 1. The lowest BCUT2D eigenvalue weighted by molar-refractivity contribution is -0.122. The highest BCUT2D eigenvalue weighted by Gasteiger charge is 2.40. The Morgan fingerprint density at radius 3 is 2.67 bits per heavy atom. The molecular weight excluding hydrogens is 364 g/mol. The van der Waals surface area contributed by atoms with Gasteiger partial charge in [-0.25, -0.2) is 12.7 Å². The second kappa shape index (κ2) is 6.81. The largest absolute Gasteiger partial charge is 0.349 e. The molecule has 0 aromatic heterocycles. The molecule has 0 bridgehead atoms. The molecule has 2 aliphatic rings. The number of rotatable bonds is 4. The van der Waals surface area contributed by atoms with Gasteiger partial charge in [-0.15, -0.1) is 0 Å². The molecule has 2 amide bonds. The van der Waals surface area contributed by atoms with Crippen molar-refractivity contribution in [2.75, 3.05) is 6.54 Å². The molecule has 7 heteroatoms. The van der Waals surface area contributed by atoms with Gasteiger partial charge in [-0.3, -0.25) is 9.59 Å². The highest BCUT2D eigenvalue weighted by atomic mass is 32.2. The molecule has 1 aliphatic heterocycles. The molecule has 2 aromatic carbocycles. The average molecular weight is 384 g/mol. The molecule has 140 valence electrons. The van der Waals surface area contributed by atoms with Gasteiger partial charge in [0.2, 0.25) is 5.91 Å². The quantitative estimate of drug-likeness (QED) is 0.877. The third-order valence-electron chi connectivity index (χ3n) is 5.16. The van der Waals surface area contributed by atoms with E-state index in [2.05, 4.69) is 11.4 Å². The zero-order valence-electron chi connectivity index (χ0n) is 14.7. The monoisotopic (exact) mass is 384 g/mol. The maximum Gasteiger partial charge on any atom is 0.269 e. The molecule has 0 radical (unpaired) electrons. The minimum atomic E-state index is -3.87. The van der Waals surface area contributed by atoms with Crippen molar-refractivity contribution in [3.05, 3.63) is 65.2 Å². The fourth-order valence-electron chi connectivity index (χ4n) is 3.83. The summed E-state index contributed by atoms with van der Waals surface area (Å²) in [6.45, 7) is -0.157. The normalized spacial score (nSPS) is 20.1. The number of amides is 2. The van der Waals surface area contributed by atoms with Gasteiger partial charge in [0.15, 0.2) is 0 Å². The first kappa shape index (κ1) is 17.7. The van der Waals surface area contributed by atoms with Gasteiger partial charge in [0.1, 0.15) is 4.90 Å². The van der Waals surface area contributed by atoms with E-state index in [1.54, 1.807) is 12.1 Å². The number of aryl methyl sites for hydroxylation is 1. The summed E-state index contributed by atoms with van der Waals surface area (Å²) in [6, 6.07) is 14.1. The van der Waals surface area contributed by atoms with Crippen LogP contribution in [0.3, 0.4) is 0 Å². The molecular formula is C20H20N2O4S. The van der Waals surface area contributed by atoms with Crippen molar-refractivity contribution in [3.8, 4) is 0 Å². The fourth-order valence-corrected chi connectivity index (χ4v) is 5.40. The van der Waals surface area contributed by atoms with Crippen LogP contribution < -0.4 is 5.32 Å². The number of carbonyl (C=O) groups is 2. The Bertz CT molecular complexity index is 1020. The molecule has 1 aliphatic carbocycles. The van der Waals surface area contributed by atoms with Crippen LogP contribution in [-0.2, 0) is 21.2 Å². The highest BCUT2D eigenvalue weighted by Crippen LogP contribution is 2.31. The number of nitrogens with zero attached hydrogens (tertiary/aromatic N) is 1. The van der Waals surface area contributed by atoms with E-state index in [9.17, 15) is 18.0 Å². The molecule has 2 aromatic rings. The number of fused-ring (bicyclic) bond motifs is 2. The first-order valence-electron chi connectivity index (χ1n) is 9.02. The summed E-state index contributed by atoms with van der Waals surface area (Å²) in [5.41, 5.74) is 2.52. The summed E-state index contributed by atoms with van der Waals surface area (Å²) in [5, 5.41) is 2.99. The molecule has 0 unspecified atom stereocenters. The van der Waals surface area contributed by atoms with E-state index in [1.807, 2.05) is 18.2 Å². The standard InChI is InChI=1S/C20H20N2O4S/c23-19(21-17-10-5-7-14-6-1-2-8-15(14)17)12-13-22-20(24)16-9-3-4-11-18(16)27(22,25)26/h1-4,6,8-9,11,17H,5,7,10,12-13H2,(H,21,23)/t17-/m1/s1. The molecule has 27 heavy (non-hydrogen) atoms. The van der Waals surface area contributed by atoms with Crippen LogP contribution in [0.5, 0.6) is 0 Å². The maximum atomic E-state index is 12.5. The molecule has 0 spiro atoms. The number of hydrogen-bond donors (Lipinski definition) is 1. The van der Waals surface area contributed by atoms with Crippen molar-refractivity contribution in [1.82, 2.24) is 9.62 Å². The number of carbonyl (C=O) groups excluding carboxylic acids is 2. The molecule has 6 nitrogen and oxygen atoms in total. The van der Waals surface area contributed by atoms with E-state index in [0.717, 1.165) is 29.1 Å². The smallest absolute Gasteiger partial charge is 0.269 e. The first-order chi connectivity index (χ1) is 13.0. The van der Waals surface area contributed by atoms with Crippen molar-refractivity contribution in [3.63, 3.8) is 0 Å². The Morgan fingerprint density at radius 1 is 1.11 bits per heavy atom. The van der Waals surface area contributed by atoms with E-state index < -0.39 is 15.9 Å². The van der Waals surface area contributed by atoms with Crippen LogP contribution >= 0.6 is 0 Å². The second-order valence-corrected chi connectivity index (χ2v) is 8.67. The zero-order chi connectivity index (χ0) is 19.0. The minimum absolute atomic E-state index is 0.0108. The molecule has 1 N–H and O–H groups in total. The summed E-state index contributed by atoms with van der Waals surface area (Å²) in [7, 11) is -3.87. The predicted octanol–water partition coefficient (Wildman–Crippen LogP) is 2.42. The number of hydrogen-bond acceptors (Lipinski definition) is 4. The summed E-state index contributed by atoms with van der Waals surface area (Å²) in [4.78, 5) is 24.8. The first-order valence-corrected chi connectivity index (χ1v) is 10.5. The predicted molar refractivity (Wildman–Crippen MR) is 99.5 cm³/mol. The van der Waals surface area contributed by atoms with Gasteiger partial charge in [-0.05, 0) is 42.5 Å². The zero-order valence-corrected chi connectivity index (χ0v) is 15.5. The molecule has 1 heterocycles. The van der Waals surface area contributed by atoms with Crippen LogP contribution in [0.4, 0.5) is 0 Å². The van der Waals surface area contributed by atoms with Crippen LogP contribution in [-0.4, -0.2) is 31.1 Å². The van der Waals surface area contributed by atoms with Gasteiger partial charge in [-0.1, -0.05) is 36.4 Å². The van der Waals surface area contributed by atoms with Gasteiger partial charge in [-0.2, -0.15) is 0 Å². The van der Waals surface area contributed by atoms with E-state index in [1.165, 1.54) is 17.7 Å². The van der Waals surface area contributed by atoms with Gasteiger partial charge < -0.3 is 5.32 Å². The second-order valence-electron chi connectivity index (χ2n) is 6.84. The van der Waals surface area contributed by atoms with E-state index in [4.69, 9.17) is 0 Å². The maximum absolute atomic E-state index is 12.5. The summed E-state index contributed by atoms with van der Waals surface area (Å²) >= 11 is 0. The Hall–Kier alpha value is -2.67. The number of benzene rings is 2. The van der Waals surface area contributed by atoms with Gasteiger partial charge in [0.25, 0.3) is 15.9 Å². The topological polar surface area (TPSA) is 83.6 Å². The Balaban J connectivity index is 1.43.